The minimum atomic E-state index is -0.0759. The molecule has 0 bridgehead atoms. The highest BCUT2D eigenvalue weighted by atomic mass is 32.2. The van der Waals surface area contributed by atoms with Crippen molar-refractivity contribution >= 4 is 28.9 Å². The number of amidine groups is 1. The van der Waals surface area contributed by atoms with E-state index in [4.69, 9.17) is 4.74 Å². The van der Waals surface area contributed by atoms with E-state index in [9.17, 15) is 4.79 Å². The van der Waals surface area contributed by atoms with Crippen LogP contribution in [0.15, 0.2) is 34.2 Å². The predicted molar refractivity (Wildman–Crippen MR) is 91.0 cm³/mol. The van der Waals surface area contributed by atoms with Crippen LogP contribution in [0.2, 0.25) is 0 Å². The second-order valence-corrected chi connectivity index (χ2v) is 6.44. The maximum absolute atomic E-state index is 12.1. The van der Waals surface area contributed by atoms with E-state index in [1.807, 2.05) is 37.3 Å². The molecule has 0 spiro atoms. The van der Waals surface area contributed by atoms with E-state index in [0.717, 1.165) is 29.3 Å². The smallest absolute Gasteiger partial charge is 0.264 e. The van der Waals surface area contributed by atoms with Gasteiger partial charge in [0.25, 0.3) is 5.91 Å². The van der Waals surface area contributed by atoms with Crippen LogP contribution in [0.3, 0.4) is 0 Å². The Balaban J connectivity index is 1.78. The number of carbonyl (C=O) groups excluding carboxylic acids is 1. The summed E-state index contributed by atoms with van der Waals surface area (Å²) in [6.07, 6.45) is 6.62. The van der Waals surface area contributed by atoms with Crippen molar-refractivity contribution in [1.82, 2.24) is 5.32 Å². The first-order chi connectivity index (χ1) is 10.8. The quantitative estimate of drug-likeness (QED) is 0.864. The van der Waals surface area contributed by atoms with Crippen molar-refractivity contribution in [2.75, 3.05) is 6.61 Å². The van der Waals surface area contributed by atoms with Gasteiger partial charge in [-0.15, -0.1) is 0 Å². The lowest BCUT2D eigenvalue weighted by atomic mass is 10.2. The number of nitrogens with zero attached hydrogens (tertiary/aromatic N) is 1. The molecule has 0 radical (unpaired) electrons. The van der Waals surface area contributed by atoms with Gasteiger partial charge in [-0.2, -0.15) is 0 Å². The Labute approximate surface area is 135 Å². The van der Waals surface area contributed by atoms with Crippen molar-refractivity contribution in [2.24, 2.45) is 4.99 Å². The highest BCUT2D eigenvalue weighted by molar-refractivity contribution is 8.18. The summed E-state index contributed by atoms with van der Waals surface area (Å²) in [5.74, 6) is 0.722. The van der Waals surface area contributed by atoms with E-state index in [2.05, 4.69) is 10.3 Å². The molecule has 1 N–H and O–H groups in total. The molecule has 116 valence electrons. The zero-order valence-electron chi connectivity index (χ0n) is 12.7. The van der Waals surface area contributed by atoms with Gasteiger partial charge in [-0.1, -0.05) is 31.0 Å². The van der Waals surface area contributed by atoms with Gasteiger partial charge in [0, 0.05) is 5.56 Å². The van der Waals surface area contributed by atoms with Crippen LogP contribution < -0.4 is 10.1 Å². The van der Waals surface area contributed by atoms with Crippen LogP contribution in [0.5, 0.6) is 5.75 Å². The van der Waals surface area contributed by atoms with Crippen molar-refractivity contribution in [3.8, 4) is 5.75 Å². The molecular formula is C17H20N2O2S. The van der Waals surface area contributed by atoms with Gasteiger partial charge in [0.05, 0.1) is 17.6 Å². The van der Waals surface area contributed by atoms with Gasteiger partial charge in [0.1, 0.15) is 5.75 Å². The molecule has 1 aliphatic heterocycles. The van der Waals surface area contributed by atoms with Gasteiger partial charge in [0.2, 0.25) is 0 Å². The topological polar surface area (TPSA) is 50.7 Å². The normalized spacial score (nSPS) is 22.5. The molecule has 1 saturated heterocycles. The molecule has 0 atom stereocenters. The minimum Gasteiger partial charge on any atom is -0.493 e. The molecule has 1 saturated carbocycles. The van der Waals surface area contributed by atoms with Gasteiger partial charge in [0.15, 0.2) is 5.17 Å². The molecule has 1 heterocycles. The fourth-order valence-corrected chi connectivity index (χ4v) is 3.60. The lowest BCUT2D eigenvalue weighted by molar-refractivity contribution is -0.115. The molecule has 1 aromatic carbocycles. The Hall–Kier alpha value is -1.75. The zero-order valence-corrected chi connectivity index (χ0v) is 13.5. The van der Waals surface area contributed by atoms with Crippen molar-refractivity contribution < 1.29 is 9.53 Å². The van der Waals surface area contributed by atoms with Crippen LogP contribution in [-0.4, -0.2) is 23.7 Å². The number of aliphatic imine (C=N–C) groups is 1. The van der Waals surface area contributed by atoms with E-state index in [0.29, 0.717) is 17.6 Å². The fraction of sp³-hybridized carbons (Fsp3) is 0.412. The van der Waals surface area contributed by atoms with E-state index in [-0.39, 0.29) is 5.91 Å². The zero-order chi connectivity index (χ0) is 15.4. The molecule has 1 aliphatic carbocycles. The Morgan fingerprint density at radius 2 is 2.14 bits per heavy atom. The van der Waals surface area contributed by atoms with Crippen molar-refractivity contribution in [1.29, 1.82) is 0 Å². The third kappa shape index (κ3) is 3.53. The Morgan fingerprint density at radius 1 is 1.36 bits per heavy atom. The highest BCUT2D eigenvalue weighted by Crippen LogP contribution is 2.31. The number of nitrogens with one attached hydrogen (secondary N) is 1. The number of hydrogen-bond acceptors (Lipinski definition) is 4. The molecule has 2 aliphatic rings. The standard InChI is InChI=1S/C17H20N2O2S/c1-2-21-14-10-6-3-7-12(14)11-15-16(20)19-17(22-15)18-13-8-4-5-9-13/h3,6-7,10-11,13H,2,4-5,8-9H2,1H3,(H,18,19,20)/b15-11+. The molecule has 2 fully saturated rings. The maximum Gasteiger partial charge on any atom is 0.264 e. The summed E-state index contributed by atoms with van der Waals surface area (Å²) in [5.41, 5.74) is 0.920. The first kappa shape index (κ1) is 15.2. The van der Waals surface area contributed by atoms with Gasteiger partial charge < -0.3 is 10.1 Å². The number of para-hydroxylation sites is 1. The lowest BCUT2D eigenvalue weighted by Gasteiger charge is -2.06. The van der Waals surface area contributed by atoms with Crippen molar-refractivity contribution in [3.05, 3.63) is 34.7 Å². The summed E-state index contributed by atoms with van der Waals surface area (Å²) in [6.45, 7) is 2.56. The van der Waals surface area contributed by atoms with E-state index < -0.39 is 0 Å². The van der Waals surface area contributed by atoms with Crippen LogP contribution in [-0.2, 0) is 4.79 Å². The second-order valence-electron chi connectivity index (χ2n) is 5.41. The van der Waals surface area contributed by atoms with Crippen LogP contribution in [0, 0.1) is 0 Å². The molecule has 3 rings (SSSR count). The van der Waals surface area contributed by atoms with Gasteiger partial charge >= 0.3 is 0 Å². The average Bonchev–Trinajstić information content (AvgIpc) is 3.12. The van der Waals surface area contributed by atoms with Crippen LogP contribution >= 0.6 is 11.8 Å². The Kier molecular flexibility index (Phi) is 4.83. The van der Waals surface area contributed by atoms with E-state index in [1.54, 1.807) is 0 Å². The number of amides is 1. The predicted octanol–water partition coefficient (Wildman–Crippen LogP) is 3.59. The minimum absolute atomic E-state index is 0.0759. The number of benzene rings is 1. The third-order valence-electron chi connectivity index (χ3n) is 3.78. The lowest BCUT2D eigenvalue weighted by Crippen LogP contribution is -2.21. The van der Waals surface area contributed by atoms with Gasteiger partial charge in [-0.05, 0) is 43.7 Å². The fourth-order valence-electron chi connectivity index (χ4n) is 2.72. The van der Waals surface area contributed by atoms with Crippen LogP contribution in [0.25, 0.3) is 6.08 Å². The molecule has 5 heteroatoms. The number of hydrogen-bond donors (Lipinski definition) is 1. The second kappa shape index (κ2) is 7.01. The average molecular weight is 316 g/mol. The summed E-state index contributed by atoms with van der Waals surface area (Å²) >= 11 is 1.42. The molecule has 1 amide bonds. The van der Waals surface area contributed by atoms with E-state index in [1.165, 1.54) is 24.6 Å². The maximum atomic E-state index is 12.1. The molecule has 4 nitrogen and oxygen atoms in total. The van der Waals surface area contributed by atoms with Crippen molar-refractivity contribution in [2.45, 2.75) is 38.6 Å². The first-order valence-corrected chi connectivity index (χ1v) is 8.58. The Bertz CT molecular complexity index is 619. The van der Waals surface area contributed by atoms with E-state index >= 15 is 0 Å². The number of ether oxygens (including phenoxy) is 1. The molecule has 0 unspecified atom stereocenters. The number of thioether (sulfide) groups is 1. The number of carbonyl (C=O) groups is 1. The summed E-state index contributed by atoms with van der Waals surface area (Å²) in [4.78, 5) is 17.4. The van der Waals surface area contributed by atoms with Crippen molar-refractivity contribution in [3.63, 3.8) is 0 Å². The number of rotatable bonds is 4. The largest absolute Gasteiger partial charge is 0.493 e. The van der Waals surface area contributed by atoms with Crippen LogP contribution in [0.1, 0.15) is 38.2 Å². The van der Waals surface area contributed by atoms with Gasteiger partial charge in [-0.25, -0.2) is 0 Å². The van der Waals surface area contributed by atoms with Gasteiger partial charge in [-0.3, -0.25) is 9.79 Å². The summed E-state index contributed by atoms with van der Waals surface area (Å²) < 4.78 is 5.60. The first-order valence-electron chi connectivity index (χ1n) is 7.77. The SMILES string of the molecule is CCOc1ccccc1/C=C1/SC(=NC2CCCC2)NC1=O. The molecule has 22 heavy (non-hydrogen) atoms. The third-order valence-corrected chi connectivity index (χ3v) is 4.70. The summed E-state index contributed by atoms with van der Waals surface area (Å²) in [6, 6.07) is 8.12. The summed E-state index contributed by atoms with van der Waals surface area (Å²) in [7, 11) is 0. The molecule has 1 aromatic rings. The van der Waals surface area contributed by atoms with Crippen LogP contribution in [0.4, 0.5) is 0 Å². The monoisotopic (exact) mass is 316 g/mol. The summed E-state index contributed by atoms with van der Waals surface area (Å²) in [5, 5.41) is 3.60. The Morgan fingerprint density at radius 3 is 2.91 bits per heavy atom. The highest BCUT2D eigenvalue weighted by Gasteiger charge is 2.25. The molecule has 0 aromatic heterocycles. The molecular weight excluding hydrogens is 296 g/mol.